The van der Waals surface area contributed by atoms with Crippen LogP contribution in [0.1, 0.15) is 74.5 Å². The van der Waals surface area contributed by atoms with Gasteiger partial charge in [0, 0.05) is 18.7 Å². The number of hydrogen-bond acceptors (Lipinski definition) is 4. The number of quaternary nitrogens is 1. The van der Waals surface area contributed by atoms with Gasteiger partial charge in [0.05, 0.1) is 40.9 Å². The van der Waals surface area contributed by atoms with E-state index in [-0.39, 0.29) is 11.8 Å². The molecular formula is C40H58N3O3+. The molecule has 1 atom stereocenters. The first kappa shape index (κ1) is 35.7. The molecule has 0 spiro atoms. The smallest absolute Gasteiger partial charge is 0.232 e. The zero-order chi connectivity index (χ0) is 32.7. The zero-order valence-corrected chi connectivity index (χ0v) is 28.7. The summed E-state index contributed by atoms with van der Waals surface area (Å²) in [7, 11) is 6.47. The van der Waals surface area contributed by atoms with E-state index >= 15 is 0 Å². The van der Waals surface area contributed by atoms with Gasteiger partial charge in [0.1, 0.15) is 11.2 Å². The number of carbonyl (C=O) groups excluding carboxylic acids is 1. The fourth-order valence-corrected chi connectivity index (χ4v) is 7.36. The molecule has 0 aromatic heterocycles. The minimum atomic E-state index is -0.800. The van der Waals surface area contributed by atoms with E-state index in [4.69, 9.17) is 15.2 Å². The summed E-state index contributed by atoms with van der Waals surface area (Å²) < 4.78 is 12.4. The summed E-state index contributed by atoms with van der Waals surface area (Å²) >= 11 is 0. The first-order valence-corrected chi connectivity index (χ1v) is 17.5. The Morgan fingerprint density at radius 2 is 1.37 bits per heavy atom. The molecule has 0 aliphatic carbocycles. The van der Waals surface area contributed by atoms with E-state index < -0.39 is 5.41 Å². The van der Waals surface area contributed by atoms with Crippen molar-refractivity contribution in [2.24, 2.45) is 11.7 Å². The predicted molar refractivity (Wildman–Crippen MR) is 189 cm³/mol. The third-order valence-electron chi connectivity index (χ3n) is 9.97. The molecule has 0 radical (unpaired) electrons. The van der Waals surface area contributed by atoms with Crippen LogP contribution in [0.15, 0.2) is 84.9 Å². The van der Waals surface area contributed by atoms with E-state index in [1.807, 2.05) is 54.6 Å². The van der Waals surface area contributed by atoms with E-state index in [9.17, 15) is 4.79 Å². The van der Waals surface area contributed by atoms with Crippen molar-refractivity contribution in [3.63, 3.8) is 0 Å². The van der Waals surface area contributed by atoms with Crippen LogP contribution in [0.3, 0.4) is 0 Å². The molecule has 6 nitrogen and oxygen atoms in total. The monoisotopic (exact) mass is 628 g/mol. The lowest BCUT2D eigenvalue weighted by atomic mass is 9.64. The maximum absolute atomic E-state index is 13.3. The van der Waals surface area contributed by atoms with Gasteiger partial charge in [-0.3, -0.25) is 4.79 Å². The molecule has 1 aliphatic heterocycles. The molecule has 46 heavy (non-hydrogen) atoms. The number of carbonyl (C=O) groups is 1. The lowest BCUT2D eigenvalue weighted by molar-refractivity contribution is -0.890. The Morgan fingerprint density at radius 1 is 0.804 bits per heavy atom. The van der Waals surface area contributed by atoms with Gasteiger partial charge in [-0.05, 0) is 81.1 Å². The van der Waals surface area contributed by atoms with Crippen LogP contribution in [-0.4, -0.2) is 75.8 Å². The van der Waals surface area contributed by atoms with E-state index in [0.29, 0.717) is 6.61 Å². The second-order valence-electron chi connectivity index (χ2n) is 13.8. The third kappa shape index (κ3) is 9.90. The fraction of sp³-hybridized carbons (Fsp3) is 0.525. The Bertz CT molecular complexity index is 1260. The molecule has 1 fully saturated rings. The number of primary amides is 1. The van der Waals surface area contributed by atoms with Crippen LogP contribution in [0.5, 0.6) is 5.75 Å². The van der Waals surface area contributed by atoms with Crippen molar-refractivity contribution >= 4 is 5.91 Å². The number of ether oxygens (including phenoxy) is 2. The molecule has 1 unspecified atom stereocenters. The number of para-hydroxylation sites is 1. The highest BCUT2D eigenvalue weighted by Crippen LogP contribution is 2.43. The second kappa shape index (κ2) is 18.2. The number of benzene rings is 3. The number of rotatable bonds is 21. The maximum atomic E-state index is 13.3. The molecule has 0 saturated carbocycles. The van der Waals surface area contributed by atoms with Gasteiger partial charge in [0.25, 0.3) is 0 Å². The van der Waals surface area contributed by atoms with Gasteiger partial charge in [-0.1, -0.05) is 91.7 Å². The SMILES string of the molecule is COc1ccccc1COCCCCCC[N+](C)(C)CCCCCCN1CCC(C(C(N)=O)(c2ccccc2)c2ccccc2)C1. The van der Waals surface area contributed by atoms with E-state index in [2.05, 4.69) is 49.3 Å². The summed E-state index contributed by atoms with van der Waals surface area (Å²) in [5.41, 5.74) is 8.61. The van der Waals surface area contributed by atoms with E-state index in [1.165, 1.54) is 58.0 Å². The first-order chi connectivity index (χ1) is 22.4. The van der Waals surface area contributed by atoms with Gasteiger partial charge in [-0.15, -0.1) is 0 Å². The van der Waals surface area contributed by atoms with Crippen molar-refractivity contribution in [3.8, 4) is 5.75 Å². The van der Waals surface area contributed by atoms with Gasteiger partial charge in [0.15, 0.2) is 0 Å². The highest BCUT2D eigenvalue weighted by atomic mass is 16.5. The second-order valence-corrected chi connectivity index (χ2v) is 13.8. The number of nitrogens with two attached hydrogens (primary N) is 1. The highest BCUT2D eigenvalue weighted by Gasteiger charge is 2.49. The number of likely N-dealkylation sites (tertiary alicyclic amines) is 1. The molecule has 6 heteroatoms. The molecule has 1 heterocycles. The molecule has 1 amide bonds. The van der Waals surface area contributed by atoms with Crippen LogP contribution < -0.4 is 10.5 Å². The Hall–Kier alpha value is -3.19. The maximum Gasteiger partial charge on any atom is 0.232 e. The van der Waals surface area contributed by atoms with E-state index in [1.54, 1.807) is 7.11 Å². The minimum Gasteiger partial charge on any atom is -0.496 e. The first-order valence-electron chi connectivity index (χ1n) is 17.5. The van der Waals surface area contributed by atoms with Crippen molar-refractivity contribution < 1.29 is 18.8 Å². The van der Waals surface area contributed by atoms with E-state index in [0.717, 1.165) is 66.0 Å². The molecule has 1 saturated heterocycles. The van der Waals surface area contributed by atoms with Crippen molar-refractivity contribution in [1.82, 2.24) is 4.90 Å². The third-order valence-corrected chi connectivity index (χ3v) is 9.97. The lowest BCUT2D eigenvalue weighted by Crippen LogP contribution is -2.49. The molecule has 3 aromatic carbocycles. The van der Waals surface area contributed by atoms with Gasteiger partial charge in [0.2, 0.25) is 5.91 Å². The highest BCUT2D eigenvalue weighted by molar-refractivity contribution is 5.91. The summed E-state index contributed by atoms with van der Waals surface area (Å²) in [6.45, 7) is 6.92. The van der Waals surface area contributed by atoms with Crippen LogP contribution in [0, 0.1) is 5.92 Å². The molecule has 4 rings (SSSR count). The minimum absolute atomic E-state index is 0.166. The average Bonchev–Trinajstić information content (AvgIpc) is 3.54. The van der Waals surface area contributed by atoms with Crippen molar-refractivity contribution in [1.29, 1.82) is 0 Å². The average molecular weight is 629 g/mol. The summed E-state index contributed by atoms with van der Waals surface area (Å²) in [6, 6.07) is 28.4. The number of methoxy groups -OCH3 is 1. The van der Waals surface area contributed by atoms with Crippen LogP contribution in [0.25, 0.3) is 0 Å². The molecule has 2 N–H and O–H groups in total. The zero-order valence-electron chi connectivity index (χ0n) is 28.7. The topological polar surface area (TPSA) is 64.8 Å². The molecule has 0 bridgehead atoms. The summed E-state index contributed by atoms with van der Waals surface area (Å²) in [4.78, 5) is 15.9. The molecule has 3 aromatic rings. The van der Waals surface area contributed by atoms with Crippen molar-refractivity contribution in [2.75, 3.05) is 60.5 Å². The fourth-order valence-electron chi connectivity index (χ4n) is 7.36. The normalized spacial score (nSPS) is 15.7. The number of hydrogen-bond donors (Lipinski definition) is 1. The number of unbranched alkanes of at least 4 members (excludes halogenated alkanes) is 6. The number of nitrogens with zero attached hydrogens (tertiary/aromatic N) is 2. The van der Waals surface area contributed by atoms with Crippen LogP contribution in [0.2, 0.25) is 0 Å². The molecule has 250 valence electrons. The quantitative estimate of drug-likeness (QED) is 0.100. The predicted octanol–water partition coefficient (Wildman–Crippen LogP) is 7.20. The van der Waals surface area contributed by atoms with Crippen LogP contribution in [0.4, 0.5) is 0 Å². The van der Waals surface area contributed by atoms with Crippen molar-refractivity contribution in [2.45, 2.75) is 69.8 Å². The largest absolute Gasteiger partial charge is 0.496 e. The Labute approximate surface area is 278 Å². The number of amides is 1. The van der Waals surface area contributed by atoms with Crippen molar-refractivity contribution in [3.05, 3.63) is 102 Å². The Balaban J connectivity index is 1.09. The molecule has 1 aliphatic rings. The Morgan fingerprint density at radius 3 is 1.98 bits per heavy atom. The molecular weight excluding hydrogens is 570 g/mol. The summed E-state index contributed by atoms with van der Waals surface area (Å²) in [5, 5.41) is 0. The summed E-state index contributed by atoms with van der Waals surface area (Å²) in [6.07, 6.45) is 10.9. The van der Waals surface area contributed by atoms with Gasteiger partial charge in [-0.25, -0.2) is 0 Å². The van der Waals surface area contributed by atoms with Gasteiger partial charge >= 0.3 is 0 Å². The standard InChI is InChI=1S/C40H57N3O3/c1-43(2,30-18-6-7-19-31-46-33-34-20-14-15-25-38(34)45-3)29-17-5-4-16-27-42-28-26-37(32-42)40(39(41)44,35-21-10-8-11-22-35)36-23-12-9-13-24-36/h8-15,20-25,37H,4-7,16-19,26-33H2,1-3H3,(H-,41,44)/p+1. The van der Waals surface area contributed by atoms with Gasteiger partial charge in [-0.2, -0.15) is 0 Å². The van der Waals surface area contributed by atoms with Gasteiger partial charge < -0.3 is 24.6 Å². The van der Waals surface area contributed by atoms with Crippen LogP contribution in [-0.2, 0) is 21.6 Å². The lowest BCUT2D eigenvalue weighted by Gasteiger charge is -2.37. The summed E-state index contributed by atoms with van der Waals surface area (Å²) in [5.74, 6) is 0.823. The van der Waals surface area contributed by atoms with Crippen LogP contribution >= 0.6 is 0 Å². The Kier molecular flexibility index (Phi) is 14.1.